The molecule has 4 rings (SSSR count). The Labute approximate surface area is 187 Å². The summed E-state index contributed by atoms with van der Waals surface area (Å²) in [6.07, 6.45) is 6.36. The lowest BCUT2D eigenvalue weighted by atomic mass is 10.2. The van der Waals surface area contributed by atoms with Crippen LogP contribution in [-0.4, -0.2) is 25.8 Å². The van der Waals surface area contributed by atoms with Crippen molar-refractivity contribution in [1.82, 2.24) is 19.9 Å². The van der Waals surface area contributed by atoms with E-state index in [-0.39, 0.29) is 5.91 Å². The molecular weight excluding hydrogens is 458 g/mol. The molecule has 9 heteroatoms. The number of hydrogen-bond donors (Lipinski definition) is 3. The number of aromatic nitrogens is 4. The number of rotatable bonds is 6. The molecule has 1 amide bonds. The second kappa shape index (κ2) is 9.31. The van der Waals surface area contributed by atoms with Gasteiger partial charge in [-0.1, -0.05) is 0 Å². The van der Waals surface area contributed by atoms with E-state index in [9.17, 15) is 4.79 Å². The van der Waals surface area contributed by atoms with Crippen molar-refractivity contribution in [2.24, 2.45) is 0 Å². The third-order valence-corrected chi connectivity index (χ3v) is 4.65. The topological polar surface area (TPSA) is 105 Å². The van der Waals surface area contributed by atoms with Crippen molar-refractivity contribution in [2.75, 3.05) is 16.0 Å². The molecule has 8 nitrogen and oxygen atoms in total. The fourth-order valence-electron chi connectivity index (χ4n) is 2.75. The Morgan fingerprint density at radius 3 is 2.29 bits per heavy atom. The van der Waals surface area contributed by atoms with Crippen molar-refractivity contribution in [3.8, 4) is 0 Å². The largest absolute Gasteiger partial charge is 0.340 e. The van der Waals surface area contributed by atoms with Gasteiger partial charge in [-0.2, -0.15) is 0 Å². The van der Waals surface area contributed by atoms with Gasteiger partial charge >= 0.3 is 0 Å². The molecule has 3 aromatic heterocycles. The smallest absolute Gasteiger partial charge is 0.257 e. The molecular formula is C22H18BrN7O. The molecule has 0 bridgehead atoms. The standard InChI is InChI=1S/C22H18BrN7O/c1-14-6-7-25-19(8-14)30-21-10-20(26-13-27-21)28-17-2-4-18(5-3-17)29-22(31)15-9-16(23)12-24-11-15/h2-13H,1H3,(H,29,31)(H2,25,26,27,28,30). The number of pyridine rings is 2. The van der Waals surface area contributed by atoms with E-state index in [1.165, 1.54) is 12.5 Å². The molecule has 0 spiro atoms. The van der Waals surface area contributed by atoms with Crippen LogP contribution in [0.15, 0.2) is 77.9 Å². The van der Waals surface area contributed by atoms with Crippen molar-refractivity contribution in [3.63, 3.8) is 0 Å². The average Bonchev–Trinajstić information content (AvgIpc) is 2.75. The van der Waals surface area contributed by atoms with Gasteiger partial charge in [-0.15, -0.1) is 0 Å². The second-order valence-corrected chi connectivity index (χ2v) is 7.60. The van der Waals surface area contributed by atoms with Crippen LogP contribution < -0.4 is 16.0 Å². The van der Waals surface area contributed by atoms with Crippen molar-refractivity contribution < 1.29 is 4.79 Å². The van der Waals surface area contributed by atoms with E-state index in [1.54, 1.807) is 24.5 Å². The van der Waals surface area contributed by atoms with Gasteiger partial charge in [-0.25, -0.2) is 15.0 Å². The number of halogens is 1. The zero-order chi connectivity index (χ0) is 21.6. The molecule has 0 saturated heterocycles. The summed E-state index contributed by atoms with van der Waals surface area (Å²) in [6.45, 7) is 2.00. The summed E-state index contributed by atoms with van der Waals surface area (Å²) in [4.78, 5) is 29.1. The van der Waals surface area contributed by atoms with E-state index in [0.29, 0.717) is 28.7 Å². The maximum Gasteiger partial charge on any atom is 0.257 e. The van der Waals surface area contributed by atoms with Crippen LogP contribution in [0.2, 0.25) is 0 Å². The molecule has 0 unspecified atom stereocenters. The lowest BCUT2D eigenvalue weighted by molar-refractivity contribution is 0.102. The first-order chi connectivity index (χ1) is 15.0. The summed E-state index contributed by atoms with van der Waals surface area (Å²) in [5.41, 5.74) is 3.07. The zero-order valence-corrected chi connectivity index (χ0v) is 18.1. The van der Waals surface area contributed by atoms with Gasteiger partial charge in [0.05, 0.1) is 5.56 Å². The fourth-order valence-corrected chi connectivity index (χ4v) is 3.12. The first-order valence-electron chi connectivity index (χ1n) is 9.36. The number of benzene rings is 1. The predicted octanol–water partition coefficient (Wildman–Crippen LogP) is 5.08. The monoisotopic (exact) mass is 475 g/mol. The van der Waals surface area contributed by atoms with E-state index >= 15 is 0 Å². The highest BCUT2D eigenvalue weighted by Crippen LogP contribution is 2.21. The van der Waals surface area contributed by atoms with E-state index in [4.69, 9.17) is 0 Å². The van der Waals surface area contributed by atoms with E-state index in [1.807, 2.05) is 43.3 Å². The first kappa shape index (κ1) is 20.4. The van der Waals surface area contributed by atoms with Crippen LogP contribution in [0.5, 0.6) is 0 Å². The molecule has 4 aromatic rings. The summed E-state index contributed by atoms with van der Waals surface area (Å²) in [5.74, 6) is 1.74. The molecule has 1 aromatic carbocycles. The number of amides is 1. The lowest BCUT2D eigenvalue weighted by Crippen LogP contribution is -2.12. The van der Waals surface area contributed by atoms with Gasteiger partial charge < -0.3 is 16.0 Å². The Kier molecular flexibility index (Phi) is 6.13. The highest BCUT2D eigenvalue weighted by molar-refractivity contribution is 9.10. The summed E-state index contributed by atoms with van der Waals surface area (Å²) < 4.78 is 0.747. The number of aryl methyl sites for hydroxylation is 1. The third kappa shape index (κ3) is 5.61. The maximum absolute atomic E-state index is 12.3. The first-order valence-corrected chi connectivity index (χ1v) is 10.2. The minimum atomic E-state index is -0.231. The Bertz CT molecular complexity index is 1210. The van der Waals surface area contributed by atoms with Crippen molar-refractivity contribution >= 4 is 50.7 Å². The van der Waals surface area contributed by atoms with Crippen LogP contribution in [0.4, 0.5) is 28.8 Å². The zero-order valence-electron chi connectivity index (χ0n) is 16.5. The van der Waals surface area contributed by atoms with Crippen LogP contribution in [0.25, 0.3) is 0 Å². The number of carbonyl (C=O) groups is 1. The minimum Gasteiger partial charge on any atom is -0.340 e. The second-order valence-electron chi connectivity index (χ2n) is 6.68. The van der Waals surface area contributed by atoms with Gasteiger partial charge in [0.2, 0.25) is 0 Å². The van der Waals surface area contributed by atoms with Crippen LogP contribution in [-0.2, 0) is 0 Å². The van der Waals surface area contributed by atoms with E-state index in [2.05, 4.69) is 51.8 Å². The van der Waals surface area contributed by atoms with Gasteiger partial charge in [0.15, 0.2) is 0 Å². The molecule has 0 aliphatic heterocycles. The summed E-state index contributed by atoms with van der Waals surface area (Å²) in [7, 11) is 0. The molecule has 31 heavy (non-hydrogen) atoms. The summed E-state index contributed by atoms with van der Waals surface area (Å²) >= 11 is 3.31. The summed E-state index contributed by atoms with van der Waals surface area (Å²) in [6, 6.07) is 14.7. The van der Waals surface area contributed by atoms with Crippen LogP contribution in [0, 0.1) is 6.92 Å². The summed E-state index contributed by atoms with van der Waals surface area (Å²) in [5, 5.41) is 9.23. The molecule has 3 heterocycles. The molecule has 0 atom stereocenters. The molecule has 0 saturated carbocycles. The van der Waals surface area contributed by atoms with Crippen LogP contribution in [0.3, 0.4) is 0 Å². The molecule has 3 N–H and O–H groups in total. The van der Waals surface area contributed by atoms with Crippen molar-refractivity contribution in [3.05, 3.63) is 89.0 Å². The third-order valence-electron chi connectivity index (χ3n) is 4.22. The number of nitrogens with one attached hydrogen (secondary N) is 3. The maximum atomic E-state index is 12.3. The molecule has 0 fully saturated rings. The molecule has 0 radical (unpaired) electrons. The van der Waals surface area contributed by atoms with Gasteiger partial charge in [0, 0.05) is 40.5 Å². The number of anilines is 5. The minimum absolute atomic E-state index is 0.231. The average molecular weight is 476 g/mol. The highest BCUT2D eigenvalue weighted by atomic mass is 79.9. The Morgan fingerprint density at radius 2 is 1.55 bits per heavy atom. The Morgan fingerprint density at radius 1 is 0.839 bits per heavy atom. The fraction of sp³-hybridized carbons (Fsp3) is 0.0455. The quantitative estimate of drug-likeness (QED) is 0.357. The number of nitrogens with zero attached hydrogens (tertiary/aromatic N) is 4. The number of carbonyl (C=O) groups excluding carboxylic acids is 1. The van der Waals surface area contributed by atoms with Gasteiger partial charge in [-0.05, 0) is 70.9 Å². The lowest BCUT2D eigenvalue weighted by Gasteiger charge is -2.10. The molecule has 154 valence electrons. The highest BCUT2D eigenvalue weighted by Gasteiger charge is 2.07. The Balaban J connectivity index is 1.40. The van der Waals surface area contributed by atoms with E-state index in [0.717, 1.165) is 15.7 Å². The predicted molar refractivity (Wildman–Crippen MR) is 124 cm³/mol. The van der Waals surface area contributed by atoms with Crippen LogP contribution >= 0.6 is 15.9 Å². The van der Waals surface area contributed by atoms with Crippen molar-refractivity contribution in [1.29, 1.82) is 0 Å². The molecule has 0 aliphatic carbocycles. The molecule has 0 aliphatic rings. The van der Waals surface area contributed by atoms with Crippen molar-refractivity contribution in [2.45, 2.75) is 6.92 Å². The van der Waals surface area contributed by atoms with Gasteiger partial charge in [-0.3, -0.25) is 9.78 Å². The Hall–Kier alpha value is -3.85. The van der Waals surface area contributed by atoms with E-state index < -0.39 is 0 Å². The normalized spacial score (nSPS) is 10.4. The SMILES string of the molecule is Cc1ccnc(Nc2cc(Nc3ccc(NC(=O)c4cncc(Br)c4)cc3)ncn2)c1. The number of hydrogen-bond acceptors (Lipinski definition) is 7. The van der Waals surface area contributed by atoms with Gasteiger partial charge in [0.25, 0.3) is 5.91 Å². The van der Waals surface area contributed by atoms with Gasteiger partial charge in [0.1, 0.15) is 23.8 Å². The van der Waals surface area contributed by atoms with Crippen LogP contribution in [0.1, 0.15) is 15.9 Å².